The van der Waals surface area contributed by atoms with Crippen LogP contribution in [0.3, 0.4) is 0 Å². The van der Waals surface area contributed by atoms with Crippen molar-refractivity contribution in [2.75, 3.05) is 19.3 Å². The molecule has 5 heteroatoms. The van der Waals surface area contributed by atoms with Crippen molar-refractivity contribution in [2.45, 2.75) is 39.2 Å². The van der Waals surface area contributed by atoms with Gasteiger partial charge in [-0.1, -0.05) is 6.92 Å². The van der Waals surface area contributed by atoms with Gasteiger partial charge in [-0.2, -0.15) is 0 Å². The summed E-state index contributed by atoms with van der Waals surface area (Å²) in [6.07, 6.45) is 2.44. The molecule has 2 N–H and O–H groups in total. The molecular formula is C9H22N2O2S. The van der Waals surface area contributed by atoms with E-state index >= 15 is 0 Å². The Kier molecular flexibility index (Phi) is 7.13. The van der Waals surface area contributed by atoms with Gasteiger partial charge in [-0.25, -0.2) is 13.1 Å². The quantitative estimate of drug-likeness (QED) is 0.595. The highest BCUT2D eigenvalue weighted by Gasteiger charge is 2.12. The van der Waals surface area contributed by atoms with E-state index in [-0.39, 0.29) is 11.8 Å². The Morgan fingerprint density at radius 1 is 1.29 bits per heavy atom. The predicted molar refractivity (Wildman–Crippen MR) is 59.8 cm³/mol. The zero-order valence-corrected chi connectivity index (χ0v) is 10.2. The van der Waals surface area contributed by atoms with Crippen molar-refractivity contribution >= 4 is 10.0 Å². The van der Waals surface area contributed by atoms with Gasteiger partial charge >= 0.3 is 0 Å². The maximum absolute atomic E-state index is 11.4. The third-order valence-electron chi connectivity index (χ3n) is 2.08. The largest absolute Gasteiger partial charge is 0.320 e. The highest BCUT2D eigenvalue weighted by Crippen LogP contribution is 1.97. The van der Waals surface area contributed by atoms with E-state index in [4.69, 9.17) is 0 Å². The highest BCUT2D eigenvalue weighted by molar-refractivity contribution is 7.89. The van der Waals surface area contributed by atoms with Crippen molar-refractivity contribution in [2.24, 2.45) is 0 Å². The molecule has 0 aromatic rings. The Labute approximate surface area is 87.5 Å². The van der Waals surface area contributed by atoms with Crippen molar-refractivity contribution in [3.8, 4) is 0 Å². The highest BCUT2D eigenvalue weighted by atomic mass is 32.2. The smallest absolute Gasteiger partial charge is 0.211 e. The second-order valence-electron chi connectivity index (χ2n) is 3.56. The number of unbranched alkanes of at least 4 members (excludes halogenated alkanes) is 1. The molecule has 14 heavy (non-hydrogen) atoms. The Morgan fingerprint density at radius 3 is 2.43 bits per heavy atom. The molecule has 0 aliphatic carbocycles. The van der Waals surface area contributed by atoms with Gasteiger partial charge in [0.25, 0.3) is 0 Å². The lowest BCUT2D eigenvalue weighted by Gasteiger charge is -2.11. The molecule has 0 aliphatic rings. The van der Waals surface area contributed by atoms with Gasteiger partial charge in [-0.15, -0.1) is 0 Å². The van der Waals surface area contributed by atoms with E-state index in [1.165, 1.54) is 0 Å². The lowest BCUT2D eigenvalue weighted by Crippen LogP contribution is -2.34. The molecule has 0 aliphatic heterocycles. The summed E-state index contributed by atoms with van der Waals surface area (Å²) in [4.78, 5) is 0. The van der Waals surface area contributed by atoms with Crippen LogP contribution in [-0.4, -0.2) is 33.8 Å². The van der Waals surface area contributed by atoms with Crippen LogP contribution in [0.4, 0.5) is 0 Å². The Hall–Kier alpha value is -0.130. The number of hydrogen-bond donors (Lipinski definition) is 2. The average Bonchev–Trinajstić information content (AvgIpc) is 2.12. The zero-order valence-electron chi connectivity index (χ0n) is 9.34. The molecule has 0 saturated carbocycles. The van der Waals surface area contributed by atoms with Gasteiger partial charge in [0.05, 0.1) is 5.75 Å². The number of sulfonamides is 1. The van der Waals surface area contributed by atoms with E-state index in [9.17, 15) is 8.42 Å². The minimum atomic E-state index is -3.05. The molecule has 0 heterocycles. The summed E-state index contributed by atoms with van der Waals surface area (Å²) in [6, 6.07) is 0.0456. The lowest BCUT2D eigenvalue weighted by atomic mass is 10.3. The molecule has 0 bridgehead atoms. The van der Waals surface area contributed by atoms with Gasteiger partial charge < -0.3 is 5.32 Å². The molecule has 1 unspecified atom stereocenters. The van der Waals surface area contributed by atoms with Gasteiger partial charge in [0.2, 0.25) is 10.0 Å². The first-order valence-corrected chi connectivity index (χ1v) is 6.81. The molecule has 0 fully saturated rings. The van der Waals surface area contributed by atoms with Gasteiger partial charge in [-0.05, 0) is 39.8 Å². The lowest BCUT2D eigenvalue weighted by molar-refractivity contribution is 0.551. The number of hydrogen-bond acceptors (Lipinski definition) is 3. The molecule has 0 rings (SSSR count). The Morgan fingerprint density at radius 2 is 1.93 bits per heavy atom. The fraction of sp³-hybridized carbons (Fsp3) is 1.00. The molecule has 0 amide bonds. The molecule has 4 nitrogen and oxygen atoms in total. The predicted octanol–water partition coefficient (Wildman–Crippen LogP) is 0.704. The summed E-state index contributed by atoms with van der Waals surface area (Å²) in [5, 5.41) is 2.99. The SMILES string of the molecule is CCC(C)NS(=O)(=O)CCCCNC. The fourth-order valence-electron chi connectivity index (χ4n) is 1.04. The second kappa shape index (κ2) is 7.20. The zero-order chi connectivity index (χ0) is 11.0. The third-order valence-corrected chi connectivity index (χ3v) is 3.67. The minimum absolute atomic E-state index is 0.0456. The first-order chi connectivity index (χ1) is 6.52. The maximum atomic E-state index is 11.4. The monoisotopic (exact) mass is 222 g/mol. The molecule has 86 valence electrons. The van der Waals surface area contributed by atoms with Gasteiger partial charge in [0.15, 0.2) is 0 Å². The van der Waals surface area contributed by atoms with Crippen molar-refractivity contribution in [1.82, 2.24) is 10.0 Å². The first kappa shape index (κ1) is 13.9. The van der Waals surface area contributed by atoms with Gasteiger partial charge in [-0.3, -0.25) is 0 Å². The molecule has 0 saturated heterocycles. The van der Waals surface area contributed by atoms with Crippen molar-refractivity contribution in [3.05, 3.63) is 0 Å². The van der Waals surface area contributed by atoms with Crippen molar-refractivity contribution in [3.63, 3.8) is 0 Å². The van der Waals surface area contributed by atoms with E-state index in [0.29, 0.717) is 6.42 Å². The molecule has 0 aromatic carbocycles. The van der Waals surface area contributed by atoms with Gasteiger partial charge in [0.1, 0.15) is 0 Å². The van der Waals surface area contributed by atoms with E-state index in [0.717, 1.165) is 19.4 Å². The van der Waals surface area contributed by atoms with E-state index in [2.05, 4.69) is 10.0 Å². The summed E-state index contributed by atoms with van der Waals surface area (Å²) in [5.74, 6) is 0.235. The fourth-order valence-corrected chi connectivity index (χ4v) is 2.52. The van der Waals surface area contributed by atoms with Gasteiger partial charge in [0, 0.05) is 6.04 Å². The van der Waals surface area contributed by atoms with E-state index in [1.807, 2.05) is 20.9 Å². The van der Waals surface area contributed by atoms with Crippen LogP contribution in [0, 0.1) is 0 Å². The second-order valence-corrected chi connectivity index (χ2v) is 5.43. The van der Waals surface area contributed by atoms with Crippen molar-refractivity contribution in [1.29, 1.82) is 0 Å². The first-order valence-electron chi connectivity index (χ1n) is 5.16. The summed E-state index contributed by atoms with van der Waals surface area (Å²) < 4.78 is 25.5. The number of nitrogens with one attached hydrogen (secondary N) is 2. The Bertz CT molecular complexity index is 227. The summed E-state index contributed by atoms with van der Waals surface area (Å²) >= 11 is 0. The number of rotatable bonds is 8. The van der Waals surface area contributed by atoms with Crippen LogP contribution in [0.25, 0.3) is 0 Å². The molecular weight excluding hydrogens is 200 g/mol. The van der Waals surface area contributed by atoms with Crippen LogP contribution in [0.1, 0.15) is 33.1 Å². The van der Waals surface area contributed by atoms with Crippen LogP contribution < -0.4 is 10.0 Å². The van der Waals surface area contributed by atoms with E-state index < -0.39 is 10.0 Å². The van der Waals surface area contributed by atoms with E-state index in [1.54, 1.807) is 0 Å². The molecule has 0 aromatic heterocycles. The average molecular weight is 222 g/mol. The molecule has 0 spiro atoms. The molecule has 0 radical (unpaired) electrons. The molecule has 1 atom stereocenters. The standard InChI is InChI=1S/C9H22N2O2S/c1-4-9(2)11-14(12,13)8-6-5-7-10-3/h9-11H,4-8H2,1-3H3. The van der Waals surface area contributed by atoms with Crippen molar-refractivity contribution < 1.29 is 8.42 Å². The topological polar surface area (TPSA) is 58.2 Å². The summed E-state index contributed by atoms with van der Waals surface area (Å²) in [5.41, 5.74) is 0. The van der Waals surface area contributed by atoms with Crippen LogP contribution in [-0.2, 0) is 10.0 Å². The Balaban J connectivity index is 3.73. The van der Waals surface area contributed by atoms with Crippen LogP contribution in [0.5, 0.6) is 0 Å². The third kappa shape index (κ3) is 7.29. The summed E-state index contributed by atoms with van der Waals surface area (Å²) in [6.45, 7) is 4.72. The van der Waals surface area contributed by atoms with Crippen LogP contribution in [0.15, 0.2) is 0 Å². The van der Waals surface area contributed by atoms with Crippen LogP contribution in [0.2, 0.25) is 0 Å². The van der Waals surface area contributed by atoms with Crippen LogP contribution >= 0.6 is 0 Å². The summed E-state index contributed by atoms with van der Waals surface area (Å²) in [7, 11) is -1.18. The minimum Gasteiger partial charge on any atom is -0.320 e. The normalized spacial score (nSPS) is 14.2. The maximum Gasteiger partial charge on any atom is 0.211 e.